The van der Waals surface area contributed by atoms with Gasteiger partial charge in [-0.25, -0.2) is 0 Å². The highest BCUT2D eigenvalue weighted by atomic mass is 16.5. The molecule has 0 radical (unpaired) electrons. The molecule has 0 fully saturated rings. The lowest BCUT2D eigenvalue weighted by atomic mass is 9.85. The van der Waals surface area contributed by atoms with Gasteiger partial charge in [-0.05, 0) is 110 Å². The molecule has 0 aliphatic rings. The van der Waals surface area contributed by atoms with Gasteiger partial charge in [0.2, 0.25) is 0 Å². The fraction of sp³-hybridized carbons (Fsp3) is 0.400. The number of carbonyl (C=O) groups excluding carboxylic acids is 2. The Bertz CT molecular complexity index is 2440. The van der Waals surface area contributed by atoms with Crippen LogP contribution in [0.4, 0.5) is 11.4 Å². The Morgan fingerprint density at radius 1 is 0.662 bits per heavy atom. The second-order valence-corrected chi connectivity index (χ2v) is 16.7. The molecular weight excluding hydrogens is 815 g/mol. The van der Waals surface area contributed by atoms with E-state index in [2.05, 4.69) is 83.1 Å². The topological polar surface area (TPSA) is 129 Å². The van der Waals surface area contributed by atoms with E-state index in [4.69, 9.17) is 33.9 Å². The molecule has 5 rings (SSSR count). The van der Waals surface area contributed by atoms with E-state index < -0.39 is 0 Å². The lowest BCUT2D eigenvalue weighted by Gasteiger charge is -2.21. The lowest BCUT2D eigenvalue weighted by Crippen LogP contribution is -2.16. The number of carbonyl (C=O) groups is 2. The highest BCUT2D eigenvalue weighted by Gasteiger charge is 2.20. The maximum absolute atomic E-state index is 12.9. The molecule has 0 saturated heterocycles. The number of ketones is 2. The van der Waals surface area contributed by atoms with Crippen molar-refractivity contribution in [3.8, 4) is 23.0 Å². The van der Waals surface area contributed by atoms with E-state index in [1.165, 1.54) is 50.3 Å². The summed E-state index contributed by atoms with van der Waals surface area (Å²) in [5.74, 6) is 1.98. The molecule has 5 aromatic rings. The van der Waals surface area contributed by atoms with E-state index in [0.29, 0.717) is 68.4 Å². The smallest absolute Gasteiger partial charge is 0.163 e. The van der Waals surface area contributed by atoms with Crippen molar-refractivity contribution in [1.29, 1.82) is 0 Å². The maximum atomic E-state index is 12.9. The van der Waals surface area contributed by atoms with Crippen LogP contribution in [0.5, 0.6) is 23.0 Å². The number of rotatable bonds is 25. The number of methoxy groups -OCH3 is 2. The van der Waals surface area contributed by atoms with Crippen molar-refractivity contribution >= 4 is 35.4 Å². The number of aromatic nitrogens is 1. The summed E-state index contributed by atoms with van der Waals surface area (Å²) < 4.78 is 24.1. The first-order valence-electron chi connectivity index (χ1n) is 23.0. The van der Waals surface area contributed by atoms with Crippen LogP contribution >= 0.6 is 0 Å². The van der Waals surface area contributed by atoms with E-state index in [1.54, 1.807) is 36.4 Å². The van der Waals surface area contributed by atoms with Crippen LogP contribution < -0.4 is 18.9 Å². The minimum atomic E-state index is -0.227. The predicted molar refractivity (Wildman–Crippen MR) is 262 cm³/mol. The zero-order chi connectivity index (χ0) is 46.9. The average Bonchev–Trinajstić information content (AvgIpc) is 3.32. The molecule has 3 unspecified atom stereocenters. The van der Waals surface area contributed by atoms with Gasteiger partial charge in [0.15, 0.2) is 34.6 Å². The fourth-order valence-corrected chi connectivity index (χ4v) is 8.09. The molecule has 1 heterocycles. The molecule has 0 aliphatic carbocycles. The Morgan fingerprint density at radius 3 is 1.57 bits per heavy atom. The monoisotopic (exact) mass is 881 g/mol. The van der Waals surface area contributed by atoms with Crippen molar-refractivity contribution in [3.05, 3.63) is 135 Å². The number of hydrogen-bond donors (Lipinski definition) is 1. The number of pyridine rings is 1. The summed E-state index contributed by atoms with van der Waals surface area (Å²) in [6, 6.07) is 27.4. The SMILES string of the molecule is CCCC(C=Nc1cc(OCc2cc(CO)cc(COc3cc(N=CC(Cc4ccccc4CC)C(C)CC)c(C(C)=O)cc3OC)n2)c(OC)cc1C(C)=O)Cc1ccccc1CC. The number of aliphatic hydroxyl groups excluding tert-OH is 1. The zero-order valence-electron chi connectivity index (χ0n) is 39.8. The Kier molecular flexibility index (Phi) is 19.0. The second kappa shape index (κ2) is 24.8. The van der Waals surface area contributed by atoms with Gasteiger partial charge in [0.05, 0.1) is 43.6 Å². The number of hydrogen-bond acceptors (Lipinski definition) is 10. The molecule has 4 aromatic carbocycles. The number of aryl methyl sites for hydroxylation is 2. The summed E-state index contributed by atoms with van der Waals surface area (Å²) >= 11 is 0. The molecular formula is C55H67N3O7. The van der Waals surface area contributed by atoms with Gasteiger partial charge in [-0.2, -0.15) is 0 Å². The first-order valence-corrected chi connectivity index (χ1v) is 23.0. The molecule has 65 heavy (non-hydrogen) atoms. The molecule has 0 amide bonds. The van der Waals surface area contributed by atoms with Crippen molar-refractivity contribution in [2.75, 3.05) is 14.2 Å². The standard InChI is InChI=1S/C55H67N3O7/c1-10-18-39(23-43-21-16-14-19-41(43)12-3)31-56-50-29-54(52(62-8)27-48(50)37(6)60)64-34-46-24-40(33-59)25-47(58-46)35-65-55-30-51(49(38(7)61)28-53(55)63-9)57-32-45(36(5)11-2)26-44-22-17-15-20-42(44)13-4/h14-17,19-22,24-25,27-32,36,39,45,59H,10-13,18,23,26,33-35H2,1-9H3. The fourth-order valence-electron chi connectivity index (χ4n) is 8.09. The zero-order valence-corrected chi connectivity index (χ0v) is 39.8. The Hall–Kier alpha value is -6.13. The van der Waals surface area contributed by atoms with Crippen molar-refractivity contribution < 1.29 is 33.6 Å². The third-order valence-corrected chi connectivity index (χ3v) is 12.0. The van der Waals surface area contributed by atoms with Gasteiger partial charge in [0, 0.05) is 41.6 Å². The summed E-state index contributed by atoms with van der Waals surface area (Å²) in [6.45, 7) is 13.8. The summed E-state index contributed by atoms with van der Waals surface area (Å²) in [4.78, 5) is 40.5. The molecule has 0 spiro atoms. The predicted octanol–water partition coefficient (Wildman–Crippen LogP) is 12.2. The van der Waals surface area contributed by atoms with E-state index >= 15 is 0 Å². The van der Waals surface area contributed by atoms with E-state index in [1.807, 2.05) is 12.4 Å². The summed E-state index contributed by atoms with van der Waals surface area (Å²) in [6.07, 6.45) is 10.5. The Labute approximate surface area is 386 Å². The highest BCUT2D eigenvalue weighted by molar-refractivity contribution is 6.01. The van der Waals surface area contributed by atoms with Crippen LogP contribution in [-0.4, -0.2) is 48.3 Å². The molecule has 1 aromatic heterocycles. The van der Waals surface area contributed by atoms with Gasteiger partial charge in [-0.3, -0.25) is 24.6 Å². The molecule has 0 bridgehead atoms. The first-order chi connectivity index (χ1) is 31.4. The van der Waals surface area contributed by atoms with Crippen LogP contribution in [0.15, 0.2) is 94.9 Å². The average molecular weight is 882 g/mol. The largest absolute Gasteiger partial charge is 0.493 e. The minimum Gasteiger partial charge on any atom is -0.493 e. The van der Waals surface area contributed by atoms with E-state index in [0.717, 1.165) is 44.9 Å². The Morgan fingerprint density at radius 2 is 1.14 bits per heavy atom. The first kappa shape index (κ1) is 49.9. The molecule has 10 nitrogen and oxygen atoms in total. The van der Waals surface area contributed by atoms with Crippen molar-refractivity contribution in [2.45, 2.75) is 113 Å². The molecule has 0 saturated carbocycles. The Balaban J connectivity index is 1.39. The summed E-state index contributed by atoms with van der Waals surface area (Å²) in [5, 5.41) is 10.3. The number of ether oxygens (including phenoxy) is 4. The molecule has 3 atom stereocenters. The normalized spacial score (nSPS) is 12.9. The number of Topliss-reactive ketones (excluding diaryl/α,β-unsaturated/α-hetero) is 2. The highest BCUT2D eigenvalue weighted by Crippen LogP contribution is 2.38. The van der Waals surface area contributed by atoms with Crippen LogP contribution in [0.2, 0.25) is 0 Å². The van der Waals surface area contributed by atoms with Gasteiger partial charge < -0.3 is 24.1 Å². The van der Waals surface area contributed by atoms with Gasteiger partial charge >= 0.3 is 0 Å². The second-order valence-electron chi connectivity index (χ2n) is 16.7. The number of aliphatic imine (C=N–C) groups is 2. The minimum absolute atomic E-state index is 0.0280. The van der Waals surface area contributed by atoms with Crippen molar-refractivity contribution in [1.82, 2.24) is 4.98 Å². The van der Waals surface area contributed by atoms with E-state index in [9.17, 15) is 14.7 Å². The van der Waals surface area contributed by atoms with Crippen LogP contribution in [0.25, 0.3) is 0 Å². The summed E-state index contributed by atoms with van der Waals surface area (Å²) in [5.41, 5.74) is 8.83. The molecule has 344 valence electrons. The molecule has 1 N–H and O–H groups in total. The van der Waals surface area contributed by atoms with Crippen molar-refractivity contribution in [2.24, 2.45) is 27.7 Å². The van der Waals surface area contributed by atoms with Crippen LogP contribution in [0.1, 0.15) is 128 Å². The number of aliphatic hydroxyl groups is 1. The number of benzene rings is 4. The quantitative estimate of drug-likeness (QED) is 0.0453. The van der Waals surface area contributed by atoms with Gasteiger partial charge in [0.1, 0.15) is 13.2 Å². The van der Waals surface area contributed by atoms with E-state index in [-0.39, 0.29) is 43.2 Å². The van der Waals surface area contributed by atoms with Gasteiger partial charge in [-0.15, -0.1) is 0 Å². The summed E-state index contributed by atoms with van der Waals surface area (Å²) in [7, 11) is 3.06. The third-order valence-electron chi connectivity index (χ3n) is 12.0. The third kappa shape index (κ3) is 13.7. The van der Waals surface area contributed by atoms with Crippen molar-refractivity contribution in [3.63, 3.8) is 0 Å². The van der Waals surface area contributed by atoms with Crippen LogP contribution in [-0.2, 0) is 45.5 Å². The lowest BCUT2D eigenvalue weighted by molar-refractivity contribution is 0.100. The number of nitrogens with zero attached hydrogens (tertiary/aromatic N) is 3. The van der Waals surface area contributed by atoms with Crippen LogP contribution in [0, 0.1) is 17.8 Å². The van der Waals surface area contributed by atoms with Crippen LogP contribution in [0.3, 0.4) is 0 Å². The van der Waals surface area contributed by atoms with Gasteiger partial charge in [-0.1, -0.05) is 96.0 Å². The molecule has 0 aliphatic heterocycles. The van der Waals surface area contributed by atoms with Gasteiger partial charge in [0.25, 0.3) is 0 Å². The molecule has 10 heteroatoms. The maximum Gasteiger partial charge on any atom is 0.163 e.